The Bertz CT molecular complexity index is 2370. The van der Waals surface area contributed by atoms with Gasteiger partial charge in [0.25, 0.3) is 17.7 Å². The molecule has 11 rings (SSSR count). The number of nitrogens with two attached hydrogens (primary N) is 1. The molecule has 1 aromatic heterocycles. The third-order valence-corrected chi connectivity index (χ3v) is 22.0. The molecule has 2 spiro atoms. The van der Waals surface area contributed by atoms with E-state index in [1.54, 1.807) is 21.5 Å². The molecular formula is C43H54N10O7S4. The van der Waals surface area contributed by atoms with E-state index in [9.17, 15) is 14.4 Å². The van der Waals surface area contributed by atoms with Gasteiger partial charge >= 0.3 is 0 Å². The van der Waals surface area contributed by atoms with Crippen LogP contribution < -0.4 is 16.4 Å². The number of nitrogens with zero attached hydrogens (tertiary/aromatic N) is 7. The van der Waals surface area contributed by atoms with Crippen LogP contribution in [0.5, 0.6) is 0 Å². The zero-order valence-electron chi connectivity index (χ0n) is 36.3. The fourth-order valence-electron chi connectivity index (χ4n) is 11.3. The van der Waals surface area contributed by atoms with Crippen LogP contribution in [0.4, 0.5) is 11.4 Å². The van der Waals surface area contributed by atoms with E-state index in [4.69, 9.17) is 19.9 Å². The lowest BCUT2D eigenvalue weighted by molar-refractivity contribution is -0.163. The highest BCUT2D eigenvalue weighted by Gasteiger charge is 2.85. The molecule has 6 saturated heterocycles. The normalized spacial score (nSPS) is 34.5. The molecule has 8 aliphatic rings. The van der Waals surface area contributed by atoms with Crippen LogP contribution in [-0.4, -0.2) is 151 Å². The molecule has 64 heavy (non-hydrogen) atoms. The molecule has 9 heterocycles. The second-order valence-corrected chi connectivity index (χ2v) is 23.5. The monoisotopic (exact) mass is 950 g/mol. The first kappa shape index (κ1) is 44.3. The number of aromatic nitrogens is 3. The molecule has 6 fully saturated rings. The number of ether oxygens (including phenoxy) is 3. The Hall–Kier alpha value is -3.54. The number of hydrogen-bond acceptors (Lipinski definition) is 17. The lowest BCUT2D eigenvalue weighted by Crippen LogP contribution is -2.75. The summed E-state index contributed by atoms with van der Waals surface area (Å²) in [6.45, 7) is 7.74. The van der Waals surface area contributed by atoms with Crippen molar-refractivity contribution in [2.75, 3.05) is 70.9 Å². The van der Waals surface area contributed by atoms with Crippen LogP contribution >= 0.6 is 43.2 Å². The molecule has 4 N–H and O–H groups in total. The Labute approximate surface area is 388 Å². The number of piperazine rings is 1. The molecular weight excluding hydrogens is 897 g/mol. The van der Waals surface area contributed by atoms with E-state index in [2.05, 4.69) is 50.1 Å². The summed E-state index contributed by atoms with van der Waals surface area (Å²) in [6.07, 6.45) is 3.80. The lowest BCUT2D eigenvalue weighted by atomic mass is 9.54. The fourth-order valence-corrected chi connectivity index (χ4v) is 18.2. The number of fused-ring (bicyclic) bond motifs is 9. The quantitative estimate of drug-likeness (QED) is 0.101. The summed E-state index contributed by atoms with van der Waals surface area (Å²) in [5.74, 6) is -0.299. The van der Waals surface area contributed by atoms with Crippen LogP contribution in [0.2, 0.25) is 0 Å². The number of carbonyl (C=O) groups is 4. The fraction of sp³-hybridized carbons (Fsp3) is 0.581. The Morgan fingerprint density at radius 3 is 2.08 bits per heavy atom. The maximum Gasteiger partial charge on any atom is 0.262 e. The third kappa shape index (κ3) is 6.13. The number of nitrogens with one attached hydrogen (secondary N) is 2. The SMILES string of the molecule is CN1C(=O)C23C[C@]4([C@]56C[C@]7(SS[C@@](C)(C=O)N(CCCCn8cc(COCCOCCOCCN)nn8)C7=O)N(C)[C@H]5Nc5ccccc56)c5ccccc5N[C@@H]4N2C(=O)[C@]1(C)SS3. The number of benzene rings is 2. The number of likely N-dealkylation sites (tertiary alicyclic amines) is 1. The van der Waals surface area contributed by atoms with Gasteiger partial charge in [0, 0.05) is 49.9 Å². The zero-order valence-corrected chi connectivity index (χ0v) is 39.6. The predicted molar refractivity (Wildman–Crippen MR) is 248 cm³/mol. The minimum absolute atomic E-state index is 0.0797. The third-order valence-electron chi connectivity index (χ3n) is 14.6. The van der Waals surface area contributed by atoms with E-state index in [0.717, 1.165) is 28.8 Å². The summed E-state index contributed by atoms with van der Waals surface area (Å²) in [5.41, 5.74) is 8.42. The number of aryl methyl sites for hydroxylation is 1. The molecule has 3 amide bonds. The summed E-state index contributed by atoms with van der Waals surface area (Å²) >= 11 is 0. The smallest absolute Gasteiger partial charge is 0.262 e. The topological polar surface area (TPSA) is 190 Å². The minimum atomic E-state index is -1.17. The zero-order chi connectivity index (χ0) is 44.7. The number of amides is 3. The molecule has 17 nitrogen and oxygen atoms in total. The average Bonchev–Trinajstić information content (AvgIpc) is 4.09. The van der Waals surface area contributed by atoms with Gasteiger partial charge in [-0.1, -0.05) is 84.8 Å². The first-order chi connectivity index (χ1) is 30.9. The van der Waals surface area contributed by atoms with Crippen molar-refractivity contribution in [3.63, 3.8) is 0 Å². The second-order valence-electron chi connectivity index (χ2n) is 17.9. The summed E-state index contributed by atoms with van der Waals surface area (Å²) in [5, 5.41) is 16.3. The Morgan fingerprint density at radius 2 is 1.38 bits per heavy atom. The standard InChI is InChI=1S/C43H54N10O7S4/c1-38(27-54)52(17-10-9-16-51-23-28(47-48-51)24-60-22-21-59-20-19-58-18-15-44)37(57)42(63-61-38)25-40(29-11-5-7-13-31(29)45-33(40)49(42)3)41-26-43-36(56)50(4)39(2,62-64-43)35(55)53(43)34(41)46-32-14-8-6-12-30(32)41/h5-8,11-14,23,27,33-34,45-46H,9-10,15-22,24-26,44H2,1-4H3/t33-,34-,38+,39+,40+,41+,42-,43?/m1/s1. The van der Waals surface area contributed by atoms with Gasteiger partial charge in [-0.2, -0.15) is 0 Å². The van der Waals surface area contributed by atoms with Crippen molar-refractivity contribution in [1.29, 1.82) is 0 Å². The first-order valence-corrected chi connectivity index (χ1v) is 26.1. The van der Waals surface area contributed by atoms with Crippen molar-refractivity contribution in [3.05, 3.63) is 71.5 Å². The van der Waals surface area contributed by atoms with E-state index < -0.39 is 42.6 Å². The summed E-state index contributed by atoms with van der Waals surface area (Å²) < 4.78 is 18.3. The molecule has 8 atom stereocenters. The van der Waals surface area contributed by atoms with Crippen molar-refractivity contribution in [1.82, 2.24) is 34.6 Å². The van der Waals surface area contributed by atoms with E-state index in [0.29, 0.717) is 90.7 Å². The number of anilines is 2. The molecule has 3 aromatic rings. The number of para-hydroxylation sites is 2. The van der Waals surface area contributed by atoms with Gasteiger partial charge in [0.2, 0.25) is 0 Å². The van der Waals surface area contributed by atoms with Crippen molar-refractivity contribution in [2.24, 2.45) is 5.73 Å². The van der Waals surface area contributed by atoms with Gasteiger partial charge in [0.05, 0.1) is 57.4 Å². The predicted octanol–water partition coefficient (Wildman–Crippen LogP) is 3.63. The number of aldehydes is 1. The highest BCUT2D eigenvalue weighted by atomic mass is 33.1. The number of likely N-dealkylation sites (N-methyl/N-ethyl adjacent to an activating group) is 2. The van der Waals surface area contributed by atoms with Gasteiger partial charge in [-0.05, 0) is 63.4 Å². The Balaban J connectivity index is 0.922. The maximum atomic E-state index is 15.7. The first-order valence-electron chi connectivity index (χ1n) is 21.8. The molecule has 21 heteroatoms. The maximum absolute atomic E-state index is 15.7. The Morgan fingerprint density at radius 1 is 0.766 bits per heavy atom. The highest BCUT2D eigenvalue weighted by Crippen LogP contribution is 2.77. The van der Waals surface area contributed by atoms with Crippen molar-refractivity contribution < 1.29 is 33.4 Å². The van der Waals surface area contributed by atoms with Gasteiger partial charge in [-0.15, -0.1) is 5.10 Å². The van der Waals surface area contributed by atoms with Crippen LogP contribution in [0.15, 0.2) is 54.7 Å². The van der Waals surface area contributed by atoms with Gasteiger partial charge in [-0.25, -0.2) is 0 Å². The molecule has 0 radical (unpaired) electrons. The minimum Gasteiger partial charge on any atom is -0.378 e. The molecule has 342 valence electrons. The Kier molecular flexibility index (Phi) is 11.3. The summed E-state index contributed by atoms with van der Waals surface area (Å²) in [7, 11) is 9.61. The van der Waals surface area contributed by atoms with E-state index in [-0.39, 0.29) is 17.7 Å². The molecule has 2 bridgehead atoms. The van der Waals surface area contributed by atoms with Gasteiger partial charge < -0.3 is 40.4 Å². The van der Waals surface area contributed by atoms with E-state index >= 15 is 4.79 Å². The molecule has 1 unspecified atom stereocenters. The summed E-state index contributed by atoms with van der Waals surface area (Å²) in [6, 6.07) is 16.5. The van der Waals surface area contributed by atoms with Crippen molar-refractivity contribution >= 4 is 78.6 Å². The number of rotatable bonds is 17. The molecule has 0 saturated carbocycles. The van der Waals surface area contributed by atoms with Crippen LogP contribution in [0.1, 0.15) is 56.4 Å². The molecule has 0 aliphatic carbocycles. The van der Waals surface area contributed by atoms with Gasteiger partial charge in [-0.3, -0.25) is 33.7 Å². The van der Waals surface area contributed by atoms with E-state index in [1.807, 2.05) is 56.3 Å². The lowest BCUT2D eigenvalue weighted by Gasteiger charge is -2.57. The van der Waals surface area contributed by atoms with E-state index in [1.165, 1.54) is 43.2 Å². The number of hydrogen-bond donors (Lipinski definition) is 3. The van der Waals surface area contributed by atoms with Crippen LogP contribution in [-0.2, 0) is 57.4 Å². The largest absolute Gasteiger partial charge is 0.378 e. The van der Waals surface area contributed by atoms with Crippen LogP contribution in [0.25, 0.3) is 0 Å². The van der Waals surface area contributed by atoms with Gasteiger partial charge in [0.15, 0.2) is 25.8 Å². The molecule has 2 aromatic carbocycles. The van der Waals surface area contributed by atoms with Crippen LogP contribution in [0.3, 0.4) is 0 Å². The van der Waals surface area contributed by atoms with Crippen molar-refractivity contribution in [3.8, 4) is 0 Å². The molecule has 8 aliphatic heterocycles. The van der Waals surface area contributed by atoms with Crippen molar-refractivity contribution in [2.45, 2.75) is 95.3 Å². The van der Waals surface area contributed by atoms with Crippen LogP contribution in [0, 0.1) is 0 Å². The number of carbonyl (C=O) groups excluding carboxylic acids is 4. The highest BCUT2D eigenvalue weighted by molar-refractivity contribution is 8.78. The second kappa shape index (κ2) is 16.4. The summed E-state index contributed by atoms with van der Waals surface area (Å²) in [4.78, 5) is 61.4. The number of unbranched alkanes of at least 4 members (excludes halogenated alkanes) is 1. The van der Waals surface area contributed by atoms with Gasteiger partial charge in [0.1, 0.15) is 11.9 Å². The average molecular weight is 951 g/mol.